The van der Waals surface area contributed by atoms with Gasteiger partial charge in [0.05, 0.1) is 6.54 Å². The molecule has 0 radical (unpaired) electrons. The van der Waals surface area contributed by atoms with Gasteiger partial charge in [0, 0.05) is 38.2 Å². The lowest BCUT2D eigenvalue weighted by molar-refractivity contribution is 0.205. The number of urea groups is 1. The van der Waals surface area contributed by atoms with E-state index in [1.807, 2.05) is 18.2 Å². The summed E-state index contributed by atoms with van der Waals surface area (Å²) in [6, 6.07) is 5.32. The zero-order valence-corrected chi connectivity index (χ0v) is 15.7. The van der Waals surface area contributed by atoms with Crippen LogP contribution in [0.4, 0.5) is 4.79 Å². The van der Waals surface area contributed by atoms with Crippen LogP contribution in [0.2, 0.25) is 0 Å². The van der Waals surface area contributed by atoms with Crippen molar-refractivity contribution < 1.29 is 13.8 Å². The number of carbonyl (C=O) groups is 1. The van der Waals surface area contributed by atoms with Crippen LogP contribution >= 0.6 is 0 Å². The first-order valence-corrected chi connectivity index (χ1v) is 9.40. The molecule has 9 nitrogen and oxygen atoms in total. The lowest BCUT2D eigenvalue weighted by Gasteiger charge is -2.17. The molecule has 0 unspecified atom stereocenters. The predicted molar refractivity (Wildman–Crippen MR) is 99.2 cm³/mol. The summed E-state index contributed by atoms with van der Waals surface area (Å²) in [5.41, 5.74) is 2.67. The van der Waals surface area contributed by atoms with E-state index in [2.05, 4.69) is 25.6 Å². The number of hydrogen-bond donors (Lipinski definition) is 1. The van der Waals surface area contributed by atoms with Crippen molar-refractivity contribution in [2.24, 2.45) is 0 Å². The fourth-order valence-corrected chi connectivity index (χ4v) is 3.24. The topological polar surface area (TPSA) is 110 Å². The Balaban J connectivity index is 1.26. The van der Waals surface area contributed by atoms with Gasteiger partial charge in [-0.1, -0.05) is 16.4 Å². The SMILES string of the molecule is CN(Cc1noc2c1CCCC2)C(=O)NCCc1nc(-c2ccccn2)no1. The van der Waals surface area contributed by atoms with Crippen LogP contribution in [-0.2, 0) is 25.8 Å². The summed E-state index contributed by atoms with van der Waals surface area (Å²) in [7, 11) is 1.74. The van der Waals surface area contributed by atoms with Gasteiger partial charge in [-0.15, -0.1) is 0 Å². The lowest BCUT2D eigenvalue weighted by Crippen LogP contribution is -2.38. The van der Waals surface area contributed by atoms with Gasteiger partial charge in [-0.25, -0.2) is 4.79 Å². The van der Waals surface area contributed by atoms with Crippen molar-refractivity contribution in [1.82, 2.24) is 30.5 Å². The monoisotopic (exact) mass is 382 g/mol. The fraction of sp³-hybridized carbons (Fsp3) is 0.421. The Kier molecular flexibility index (Phi) is 5.31. The largest absolute Gasteiger partial charge is 0.361 e. The van der Waals surface area contributed by atoms with E-state index in [4.69, 9.17) is 9.05 Å². The number of nitrogens with one attached hydrogen (secondary N) is 1. The molecule has 3 aromatic heterocycles. The highest BCUT2D eigenvalue weighted by Crippen LogP contribution is 2.24. The van der Waals surface area contributed by atoms with Crippen LogP contribution in [0.25, 0.3) is 11.5 Å². The molecule has 1 aliphatic carbocycles. The van der Waals surface area contributed by atoms with Crippen molar-refractivity contribution in [3.8, 4) is 11.5 Å². The second-order valence-electron chi connectivity index (χ2n) is 6.80. The molecule has 146 valence electrons. The van der Waals surface area contributed by atoms with E-state index in [1.54, 1.807) is 18.1 Å². The first-order valence-electron chi connectivity index (χ1n) is 9.40. The van der Waals surface area contributed by atoms with E-state index in [-0.39, 0.29) is 6.03 Å². The molecule has 3 aromatic rings. The molecule has 4 rings (SSSR count). The maximum atomic E-state index is 12.3. The average Bonchev–Trinajstić information content (AvgIpc) is 3.36. The highest BCUT2D eigenvalue weighted by molar-refractivity contribution is 5.73. The van der Waals surface area contributed by atoms with Crippen LogP contribution < -0.4 is 5.32 Å². The molecular formula is C19H22N6O3. The number of rotatable bonds is 6. The number of nitrogens with zero attached hydrogens (tertiary/aromatic N) is 5. The number of aryl methyl sites for hydroxylation is 1. The van der Waals surface area contributed by atoms with Gasteiger partial charge < -0.3 is 19.3 Å². The van der Waals surface area contributed by atoms with Crippen molar-refractivity contribution in [2.45, 2.75) is 38.6 Å². The Hall–Kier alpha value is -3.23. The van der Waals surface area contributed by atoms with Gasteiger partial charge in [0.2, 0.25) is 11.7 Å². The van der Waals surface area contributed by atoms with Gasteiger partial charge in [0.25, 0.3) is 0 Å². The fourth-order valence-electron chi connectivity index (χ4n) is 3.24. The third-order valence-corrected chi connectivity index (χ3v) is 4.74. The highest BCUT2D eigenvalue weighted by atomic mass is 16.5. The Morgan fingerprint density at radius 3 is 2.96 bits per heavy atom. The number of aromatic nitrogens is 4. The van der Waals surface area contributed by atoms with E-state index in [9.17, 15) is 4.79 Å². The molecule has 0 spiro atoms. The molecule has 0 aliphatic heterocycles. The van der Waals surface area contributed by atoms with Gasteiger partial charge in [0.15, 0.2) is 0 Å². The first-order chi connectivity index (χ1) is 13.7. The summed E-state index contributed by atoms with van der Waals surface area (Å²) in [4.78, 5) is 22.4. The molecule has 1 aliphatic rings. The van der Waals surface area contributed by atoms with Gasteiger partial charge in [-0.05, 0) is 31.4 Å². The second kappa shape index (κ2) is 8.20. The minimum atomic E-state index is -0.183. The summed E-state index contributed by atoms with van der Waals surface area (Å²) < 4.78 is 10.6. The average molecular weight is 382 g/mol. The summed E-state index contributed by atoms with van der Waals surface area (Å²) in [5, 5.41) is 10.9. The van der Waals surface area contributed by atoms with Gasteiger partial charge >= 0.3 is 6.03 Å². The van der Waals surface area contributed by atoms with Gasteiger partial charge in [0.1, 0.15) is 17.1 Å². The zero-order valence-electron chi connectivity index (χ0n) is 15.7. The predicted octanol–water partition coefficient (Wildman–Crippen LogP) is 2.38. The number of amides is 2. The summed E-state index contributed by atoms with van der Waals surface area (Å²) in [6.07, 6.45) is 6.30. The molecular weight excluding hydrogens is 360 g/mol. The standard InChI is InChI=1S/C19H22N6O3/c1-25(12-15-13-6-2-3-8-16(13)27-23-15)19(26)21-11-9-17-22-18(24-28-17)14-7-4-5-10-20-14/h4-5,7,10H,2-3,6,8-9,11-12H2,1H3,(H,21,26). The van der Waals surface area contributed by atoms with Crippen molar-refractivity contribution in [2.75, 3.05) is 13.6 Å². The normalized spacial score (nSPS) is 13.2. The highest BCUT2D eigenvalue weighted by Gasteiger charge is 2.21. The summed E-state index contributed by atoms with van der Waals surface area (Å²) in [6.45, 7) is 0.818. The van der Waals surface area contributed by atoms with Crippen molar-refractivity contribution >= 4 is 6.03 Å². The Morgan fingerprint density at radius 1 is 1.21 bits per heavy atom. The number of carbonyl (C=O) groups excluding carboxylic acids is 1. The van der Waals surface area contributed by atoms with Crippen LogP contribution in [0.1, 0.15) is 35.7 Å². The number of hydrogen-bond acceptors (Lipinski definition) is 7. The molecule has 0 bridgehead atoms. The van der Waals surface area contributed by atoms with E-state index >= 15 is 0 Å². The smallest absolute Gasteiger partial charge is 0.317 e. The summed E-state index contributed by atoms with van der Waals surface area (Å²) in [5.74, 6) is 1.86. The molecule has 0 atom stereocenters. The molecule has 28 heavy (non-hydrogen) atoms. The molecule has 3 heterocycles. The van der Waals surface area contributed by atoms with Crippen LogP contribution in [0.3, 0.4) is 0 Å². The Bertz CT molecular complexity index is 936. The molecule has 0 saturated heterocycles. The third kappa shape index (κ3) is 4.03. The van der Waals surface area contributed by atoms with E-state index < -0.39 is 0 Å². The first kappa shape index (κ1) is 18.1. The number of fused-ring (bicyclic) bond motifs is 1. The van der Waals surface area contributed by atoms with Crippen LogP contribution in [0, 0.1) is 0 Å². The summed E-state index contributed by atoms with van der Waals surface area (Å²) >= 11 is 0. The molecule has 2 amide bonds. The van der Waals surface area contributed by atoms with Crippen molar-refractivity contribution in [1.29, 1.82) is 0 Å². The Labute approximate surface area is 162 Å². The zero-order chi connectivity index (χ0) is 19.3. The molecule has 1 N–H and O–H groups in total. The molecule has 0 fully saturated rings. The van der Waals surface area contributed by atoms with Crippen molar-refractivity contribution in [3.05, 3.63) is 47.3 Å². The Morgan fingerprint density at radius 2 is 2.11 bits per heavy atom. The minimum Gasteiger partial charge on any atom is -0.361 e. The lowest BCUT2D eigenvalue weighted by atomic mass is 9.96. The van der Waals surface area contributed by atoms with Crippen LogP contribution in [-0.4, -0.2) is 44.8 Å². The van der Waals surface area contributed by atoms with Crippen LogP contribution in [0.15, 0.2) is 33.4 Å². The van der Waals surface area contributed by atoms with E-state index in [1.165, 1.54) is 5.56 Å². The maximum absolute atomic E-state index is 12.3. The molecule has 0 aromatic carbocycles. The molecule has 0 saturated carbocycles. The van der Waals surface area contributed by atoms with Gasteiger partial charge in [-0.2, -0.15) is 4.98 Å². The third-order valence-electron chi connectivity index (χ3n) is 4.74. The van der Waals surface area contributed by atoms with Crippen molar-refractivity contribution in [3.63, 3.8) is 0 Å². The van der Waals surface area contributed by atoms with Crippen LogP contribution in [0.5, 0.6) is 0 Å². The second-order valence-corrected chi connectivity index (χ2v) is 6.80. The number of pyridine rings is 1. The maximum Gasteiger partial charge on any atom is 0.317 e. The quantitative estimate of drug-likeness (QED) is 0.697. The van der Waals surface area contributed by atoms with E-state index in [0.29, 0.717) is 36.9 Å². The van der Waals surface area contributed by atoms with Gasteiger partial charge in [-0.3, -0.25) is 4.98 Å². The molecule has 9 heteroatoms. The van der Waals surface area contributed by atoms with E-state index in [0.717, 1.165) is 37.1 Å². The minimum absolute atomic E-state index is 0.183.